The highest BCUT2D eigenvalue weighted by molar-refractivity contribution is 9.10. The van der Waals surface area contributed by atoms with Crippen LogP contribution in [0, 0.1) is 5.41 Å². The summed E-state index contributed by atoms with van der Waals surface area (Å²) in [5, 5.41) is 10.9. The first-order valence-corrected chi connectivity index (χ1v) is 17.9. The van der Waals surface area contributed by atoms with Crippen LogP contribution < -0.4 is 10.9 Å². The van der Waals surface area contributed by atoms with E-state index in [4.69, 9.17) is 11.6 Å². The molecule has 0 bridgehead atoms. The third-order valence-electron chi connectivity index (χ3n) is 10.1. The molecule has 3 aliphatic rings. The van der Waals surface area contributed by atoms with E-state index in [1.165, 1.54) is 17.2 Å². The molecular weight excluding hydrogens is 777 g/mol. The molecule has 1 aliphatic heterocycles. The largest absolute Gasteiger partial charge is 0.435 e. The third kappa shape index (κ3) is 7.03. The number of carbonyl (C=O) groups excluding carboxylic acids is 2. The zero-order valence-electron chi connectivity index (χ0n) is 28.0. The molecule has 52 heavy (non-hydrogen) atoms. The second-order valence-corrected chi connectivity index (χ2v) is 15.8. The highest BCUT2D eigenvalue weighted by Crippen LogP contribution is 2.66. The van der Waals surface area contributed by atoms with Crippen LogP contribution in [0.15, 0.2) is 64.3 Å². The molecular formula is C35H34BrClF5N7O3. The molecule has 2 saturated carbocycles. The van der Waals surface area contributed by atoms with Gasteiger partial charge in [-0.15, -0.1) is 0 Å². The van der Waals surface area contributed by atoms with Crippen LogP contribution in [-0.4, -0.2) is 59.0 Å². The molecule has 4 heterocycles. The van der Waals surface area contributed by atoms with Crippen molar-refractivity contribution in [1.29, 1.82) is 0 Å². The Morgan fingerprint density at radius 3 is 2.52 bits per heavy atom. The Kier molecular flexibility index (Phi) is 9.16. The smallest absolute Gasteiger partial charge is 0.348 e. The van der Waals surface area contributed by atoms with E-state index in [0.717, 1.165) is 39.8 Å². The van der Waals surface area contributed by atoms with E-state index in [1.807, 2.05) is 12.1 Å². The average Bonchev–Trinajstić information content (AvgIpc) is 3.88. The number of nitrogens with zero attached hydrogens (tertiary/aromatic N) is 6. The zero-order valence-corrected chi connectivity index (χ0v) is 30.4. The Morgan fingerprint density at radius 2 is 1.88 bits per heavy atom. The number of halogens is 7. The van der Waals surface area contributed by atoms with E-state index in [1.54, 1.807) is 36.7 Å². The number of likely N-dealkylation sites (tertiary alicyclic amines) is 1. The first-order chi connectivity index (χ1) is 24.5. The van der Waals surface area contributed by atoms with Crippen molar-refractivity contribution in [3.8, 4) is 11.3 Å². The molecule has 3 aromatic heterocycles. The van der Waals surface area contributed by atoms with Gasteiger partial charge in [0, 0.05) is 58.4 Å². The van der Waals surface area contributed by atoms with Crippen LogP contribution in [0.25, 0.3) is 11.3 Å². The summed E-state index contributed by atoms with van der Waals surface area (Å²) in [4.78, 5) is 42.6. The summed E-state index contributed by atoms with van der Waals surface area (Å²) >= 11 is 9.92. The monoisotopic (exact) mass is 809 g/mol. The van der Waals surface area contributed by atoms with Gasteiger partial charge in [-0.2, -0.15) is 32.1 Å². The van der Waals surface area contributed by atoms with Crippen molar-refractivity contribution in [2.24, 2.45) is 5.41 Å². The number of rotatable bonds is 11. The molecule has 1 N–H and O–H groups in total. The van der Waals surface area contributed by atoms with Gasteiger partial charge >= 0.3 is 12.7 Å². The van der Waals surface area contributed by atoms with Gasteiger partial charge in [-0.25, -0.2) is 4.68 Å². The lowest BCUT2D eigenvalue weighted by atomic mass is 9.97. The fourth-order valence-corrected chi connectivity index (χ4v) is 8.13. The number of hydrogen-bond donors (Lipinski definition) is 1. The minimum absolute atomic E-state index is 0.0358. The fourth-order valence-electron chi connectivity index (χ4n) is 7.32. The molecule has 1 saturated heterocycles. The molecule has 10 nitrogen and oxygen atoms in total. The van der Waals surface area contributed by atoms with Crippen molar-refractivity contribution in [3.63, 3.8) is 0 Å². The van der Waals surface area contributed by atoms with E-state index in [0.29, 0.717) is 28.1 Å². The molecule has 0 radical (unpaired) electrons. The molecule has 1 aromatic carbocycles. The molecule has 0 unspecified atom stereocenters. The minimum Gasteiger partial charge on any atom is -0.348 e. The predicted molar refractivity (Wildman–Crippen MR) is 184 cm³/mol. The van der Waals surface area contributed by atoms with Gasteiger partial charge in [0.2, 0.25) is 11.8 Å². The van der Waals surface area contributed by atoms with Crippen LogP contribution in [0.4, 0.5) is 22.0 Å². The van der Waals surface area contributed by atoms with Crippen LogP contribution in [0.5, 0.6) is 0 Å². The lowest BCUT2D eigenvalue weighted by molar-refractivity contribution is -0.141. The maximum absolute atomic E-state index is 14.2. The first-order valence-electron chi connectivity index (χ1n) is 16.7. The van der Waals surface area contributed by atoms with Crippen molar-refractivity contribution in [2.75, 3.05) is 6.54 Å². The van der Waals surface area contributed by atoms with Crippen LogP contribution in [0.3, 0.4) is 0 Å². The topological polar surface area (TPSA) is 107 Å². The van der Waals surface area contributed by atoms with Gasteiger partial charge in [-0.1, -0.05) is 33.6 Å². The summed E-state index contributed by atoms with van der Waals surface area (Å²) in [7, 11) is 0. The van der Waals surface area contributed by atoms with Crippen molar-refractivity contribution >= 4 is 39.3 Å². The minimum atomic E-state index is -4.78. The molecule has 3 atom stereocenters. The Labute approximate surface area is 308 Å². The van der Waals surface area contributed by atoms with Gasteiger partial charge in [0.25, 0.3) is 5.56 Å². The molecule has 276 valence electrons. The van der Waals surface area contributed by atoms with Crippen LogP contribution in [0.2, 0.25) is 5.02 Å². The SMILES string of the molecule is CC(C)(Cn1nc(C(F)(F)F)cc1-c1ccn(C2CC2)c(=O)c1)NC(=O)[C@@H](Cc1cnn(C(F)F)c1)N1CC[C@]2(C[C@H]2c2ccc(Br)cc2Cl)C1=O. The molecule has 2 aliphatic carbocycles. The fraction of sp³-hybridized carbons (Fsp3) is 0.457. The summed E-state index contributed by atoms with van der Waals surface area (Å²) in [6.07, 6.45) is 1.64. The molecule has 17 heteroatoms. The van der Waals surface area contributed by atoms with Gasteiger partial charge in [-0.3, -0.25) is 19.1 Å². The van der Waals surface area contributed by atoms with Gasteiger partial charge in [0.05, 0.1) is 29.4 Å². The number of alkyl halides is 5. The van der Waals surface area contributed by atoms with Crippen LogP contribution in [-0.2, 0) is 28.7 Å². The Hall–Kier alpha value is -4.05. The normalized spacial score (nSPS) is 21.0. The highest BCUT2D eigenvalue weighted by Gasteiger charge is 2.65. The Morgan fingerprint density at radius 1 is 1.13 bits per heavy atom. The van der Waals surface area contributed by atoms with Gasteiger partial charge in [0.15, 0.2) is 5.69 Å². The number of pyridine rings is 1. The number of carbonyl (C=O) groups is 2. The molecule has 2 amide bonds. The van der Waals surface area contributed by atoms with E-state index in [2.05, 4.69) is 31.4 Å². The maximum atomic E-state index is 14.2. The van der Waals surface area contributed by atoms with Crippen molar-refractivity contribution in [1.82, 2.24) is 34.3 Å². The maximum Gasteiger partial charge on any atom is 0.435 e. The Balaban J connectivity index is 1.15. The second kappa shape index (κ2) is 13.1. The quantitative estimate of drug-likeness (QED) is 0.165. The van der Waals surface area contributed by atoms with E-state index < -0.39 is 41.3 Å². The number of aromatic nitrogens is 5. The third-order valence-corrected chi connectivity index (χ3v) is 10.9. The average molecular weight is 811 g/mol. The number of nitrogens with one attached hydrogen (secondary N) is 1. The van der Waals surface area contributed by atoms with Crippen molar-refractivity contribution < 1.29 is 31.5 Å². The van der Waals surface area contributed by atoms with Crippen LogP contribution in [0.1, 0.15) is 74.9 Å². The lowest BCUT2D eigenvalue weighted by Crippen LogP contribution is -2.56. The van der Waals surface area contributed by atoms with Gasteiger partial charge in [-0.05, 0) is 74.9 Å². The van der Waals surface area contributed by atoms with Gasteiger partial charge < -0.3 is 14.8 Å². The van der Waals surface area contributed by atoms with E-state index in [9.17, 15) is 36.3 Å². The van der Waals surface area contributed by atoms with Gasteiger partial charge in [0.1, 0.15) is 6.04 Å². The van der Waals surface area contributed by atoms with Crippen molar-refractivity contribution in [2.45, 2.75) is 88.8 Å². The molecule has 3 fully saturated rings. The standard InChI is InChI=1S/C35H34BrClF5N7O3/c1-33(2,18-49-26(14-28(45-49)35(40,41)42)20-7-9-46(22-4-5-22)29(50)12-20)44-30(51)27(11-19-16-43-48(17-19)32(38)39)47-10-8-34(31(47)52)15-24(34)23-6-3-21(36)13-25(23)37/h3,6-7,9,12-14,16-17,22,24,27,32H,4-5,8,10-11,15,18H2,1-2H3,(H,44,51)/t24-,27+,34+/m0/s1. The highest BCUT2D eigenvalue weighted by atomic mass is 79.9. The predicted octanol–water partition coefficient (Wildman–Crippen LogP) is 6.99. The van der Waals surface area contributed by atoms with E-state index in [-0.39, 0.29) is 54.2 Å². The summed E-state index contributed by atoms with van der Waals surface area (Å²) in [5.41, 5.74) is -2.15. The molecule has 4 aromatic rings. The Bertz CT molecular complexity index is 2110. The molecule has 7 rings (SSSR count). The second-order valence-electron chi connectivity index (χ2n) is 14.5. The number of benzene rings is 1. The van der Waals surface area contributed by atoms with E-state index >= 15 is 0 Å². The summed E-state index contributed by atoms with van der Waals surface area (Å²) in [6, 6.07) is 8.08. The van der Waals surface area contributed by atoms with Crippen molar-refractivity contribution in [3.05, 3.63) is 91.7 Å². The first kappa shape index (κ1) is 36.3. The number of amides is 2. The summed E-state index contributed by atoms with van der Waals surface area (Å²) < 4.78 is 72.4. The summed E-state index contributed by atoms with van der Waals surface area (Å²) in [6.45, 7) is 0.259. The van der Waals surface area contributed by atoms with Crippen LogP contribution >= 0.6 is 27.5 Å². The lowest BCUT2D eigenvalue weighted by Gasteiger charge is -2.33. The zero-order chi connectivity index (χ0) is 37.3. The number of hydrogen-bond acceptors (Lipinski definition) is 5. The molecule has 1 spiro atoms. The summed E-state index contributed by atoms with van der Waals surface area (Å²) in [5.74, 6) is -1.06.